The van der Waals surface area contributed by atoms with Gasteiger partial charge in [0.05, 0.1) is 12.6 Å². The van der Waals surface area contributed by atoms with Gasteiger partial charge in [-0.1, -0.05) is 13.8 Å². The maximum absolute atomic E-state index is 11.0. The summed E-state index contributed by atoms with van der Waals surface area (Å²) in [7, 11) is 0. The molecule has 1 unspecified atom stereocenters. The first kappa shape index (κ1) is 13.4. The molecular weight excluding hydrogens is 200 g/mol. The van der Waals surface area contributed by atoms with Crippen molar-refractivity contribution >= 4 is 17.8 Å². The minimum Gasteiger partial charge on any atom is -0.368 e. The number of primary amides is 2. The summed E-state index contributed by atoms with van der Waals surface area (Å²) in [6, 6.07) is -1.54. The Balaban J connectivity index is 4.06. The third-order valence-electron chi connectivity index (χ3n) is 1.72. The van der Waals surface area contributed by atoms with E-state index in [0.717, 1.165) is 0 Å². The highest BCUT2D eigenvalue weighted by Gasteiger charge is 2.19. The van der Waals surface area contributed by atoms with E-state index in [1.807, 2.05) is 5.32 Å². The van der Waals surface area contributed by atoms with Crippen LogP contribution in [0.15, 0.2) is 0 Å². The second-order valence-corrected chi connectivity index (χ2v) is 3.42. The van der Waals surface area contributed by atoms with Crippen molar-refractivity contribution in [3.8, 4) is 0 Å². The van der Waals surface area contributed by atoms with Gasteiger partial charge in [-0.2, -0.15) is 0 Å². The third-order valence-corrected chi connectivity index (χ3v) is 1.72. The molecule has 1 atom stereocenters. The van der Waals surface area contributed by atoms with Crippen molar-refractivity contribution in [1.29, 1.82) is 0 Å². The van der Waals surface area contributed by atoms with Gasteiger partial charge in [0.2, 0.25) is 11.8 Å². The molecule has 0 saturated carbocycles. The summed E-state index contributed by atoms with van der Waals surface area (Å²) in [5.41, 5.74) is 9.83. The topological polar surface area (TPSA) is 127 Å². The Morgan fingerprint density at radius 1 is 1.20 bits per heavy atom. The van der Waals surface area contributed by atoms with E-state index < -0.39 is 23.9 Å². The highest BCUT2D eigenvalue weighted by molar-refractivity contribution is 5.94. The van der Waals surface area contributed by atoms with Gasteiger partial charge in [0.1, 0.15) is 0 Å². The second-order valence-electron chi connectivity index (χ2n) is 3.42. The summed E-state index contributed by atoms with van der Waals surface area (Å²) in [5, 5.41) is 4.49. The molecule has 0 aliphatic rings. The van der Waals surface area contributed by atoms with Crippen LogP contribution in [0.5, 0.6) is 0 Å². The van der Waals surface area contributed by atoms with Crippen LogP contribution >= 0.6 is 0 Å². The molecule has 6 N–H and O–H groups in total. The molecule has 0 heterocycles. The zero-order valence-electron chi connectivity index (χ0n) is 8.74. The van der Waals surface area contributed by atoms with Crippen LogP contribution in [0.25, 0.3) is 0 Å². The van der Waals surface area contributed by atoms with Crippen LogP contribution in [-0.4, -0.2) is 30.4 Å². The molecule has 0 saturated heterocycles. The molecule has 86 valence electrons. The quantitative estimate of drug-likeness (QED) is 0.436. The van der Waals surface area contributed by atoms with Gasteiger partial charge in [-0.3, -0.25) is 20.2 Å². The van der Waals surface area contributed by atoms with E-state index in [9.17, 15) is 14.4 Å². The monoisotopic (exact) mass is 216 g/mol. The van der Waals surface area contributed by atoms with E-state index in [4.69, 9.17) is 11.5 Å². The molecule has 0 aromatic carbocycles. The van der Waals surface area contributed by atoms with Crippen LogP contribution in [0.1, 0.15) is 13.8 Å². The Labute approximate surface area is 87.6 Å². The number of hydrogen-bond acceptors (Lipinski definition) is 4. The van der Waals surface area contributed by atoms with Gasteiger partial charge in [0.25, 0.3) is 0 Å². The molecule has 0 aromatic heterocycles. The molecule has 0 bridgehead atoms. The number of carbonyl (C=O) groups excluding carboxylic acids is 3. The smallest absolute Gasteiger partial charge is 0.318 e. The van der Waals surface area contributed by atoms with Crippen molar-refractivity contribution in [2.75, 3.05) is 6.54 Å². The first-order valence-electron chi connectivity index (χ1n) is 4.46. The van der Waals surface area contributed by atoms with Crippen LogP contribution in [0.4, 0.5) is 4.79 Å². The molecule has 7 heteroatoms. The van der Waals surface area contributed by atoms with Gasteiger partial charge in [-0.25, -0.2) is 4.79 Å². The van der Waals surface area contributed by atoms with E-state index in [0.29, 0.717) is 0 Å². The Morgan fingerprint density at radius 3 is 2.07 bits per heavy atom. The summed E-state index contributed by atoms with van der Waals surface area (Å²) >= 11 is 0. The number of carbonyl (C=O) groups is 3. The molecule has 0 aliphatic heterocycles. The van der Waals surface area contributed by atoms with Crippen molar-refractivity contribution in [2.24, 2.45) is 17.4 Å². The second kappa shape index (κ2) is 5.97. The van der Waals surface area contributed by atoms with Crippen LogP contribution in [-0.2, 0) is 9.59 Å². The van der Waals surface area contributed by atoms with Gasteiger partial charge < -0.3 is 11.5 Å². The predicted molar refractivity (Wildman–Crippen MR) is 53.5 cm³/mol. The van der Waals surface area contributed by atoms with E-state index in [-0.39, 0.29) is 12.5 Å². The first-order valence-corrected chi connectivity index (χ1v) is 4.46. The molecule has 0 fully saturated rings. The lowest BCUT2D eigenvalue weighted by Gasteiger charge is -2.18. The standard InChI is InChI=1S/C8H16N4O3/c1-4(2)6(7(9)14)11-3-5(13)12-8(10)15/h4,6,11H,3H2,1-2H3,(H2,9,14)(H3,10,12,13,15). The lowest BCUT2D eigenvalue weighted by molar-refractivity contribution is -0.122. The van der Waals surface area contributed by atoms with Gasteiger partial charge >= 0.3 is 6.03 Å². The molecule has 0 radical (unpaired) electrons. The molecule has 0 rings (SSSR count). The molecular formula is C8H16N4O3. The number of amides is 4. The Morgan fingerprint density at radius 2 is 1.73 bits per heavy atom. The maximum Gasteiger partial charge on any atom is 0.318 e. The van der Waals surface area contributed by atoms with E-state index in [1.165, 1.54) is 0 Å². The molecule has 0 spiro atoms. The Hall–Kier alpha value is -1.63. The fourth-order valence-corrected chi connectivity index (χ4v) is 1.05. The average molecular weight is 216 g/mol. The summed E-state index contributed by atoms with van der Waals surface area (Å²) < 4.78 is 0. The normalized spacial score (nSPS) is 12.2. The van der Waals surface area contributed by atoms with Crippen molar-refractivity contribution in [3.05, 3.63) is 0 Å². The summed E-state index contributed by atoms with van der Waals surface area (Å²) in [4.78, 5) is 32.2. The lowest BCUT2D eigenvalue weighted by atomic mass is 10.0. The SMILES string of the molecule is CC(C)C(NCC(=O)NC(N)=O)C(N)=O. The van der Waals surface area contributed by atoms with Crippen molar-refractivity contribution in [1.82, 2.24) is 10.6 Å². The molecule has 15 heavy (non-hydrogen) atoms. The van der Waals surface area contributed by atoms with Gasteiger partial charge in [0, 0.05) is 0 Å². The number of imide groups is 1. The maximum atomic E-state index is 11.0. The number of nitrogens with one attached hydrogen (secondary N) is 2. The minimum atomic E-state index is -0.929. The first-order chi connectivity index (χ1) is 6.84. The van der Waals surface area contributed by atoms with Crippen molar-refractivity contribution < 1.29 is 14.4 Å². The summed E-state index contributed by atoms with van der Waals surface area (Å²) in [5.74, 6) is -1.19. The largest absolute Gasteiger partial charge is 0.368 e. The fourth-order valence-electron chi connectivity index (χ4n) is 1.05. The van der Waals surface area contributed by atoms with Gasteiger partial charge in [-0.05, 0) is 5.92 Å². The zero-order chi connectivity index (χ0) is 12.0. The number of nitrogens with two attached hydrogens (primary N) is 2. The van der Waals surface area contributed by atoms with Gasteiger partial charge in [0.15, 0.2) is 0 Å². The predicted octanol–water partition coefficient (Wildman–Crippen LogP) is -1.72. The summed E-state index contributed by atoms with van der Waals surface area (Å²) in [6.07, 6.45) is 0. The van der Waals surface area contributed by atoms with Gasteiger partial charge in [-0.15, -0.1) is 0 Å². The number of hydrogen-bond donors (Lipinski definition) is 4. The molecule has 7 nitrogen and oxygen atoms in total. The number of urea groups is 1. The van der Waals surface area contributed by atoms with Crippen molar-refractivity contribution in [2.45, 2.75) is 19.9 Å². The third kappa shape index (κ3) is 5.63. The summed E-state index contributed by atoms with van der Waals surface area (Å²) in [6.45, 7) is 3.39. The van der Waals surface area contributed by atoms with Crippen LogP contribution < -0.4 is 22.1 Å². The number of rotatable bonds is 5. The molecule has 0 aliphatic carbocycles. The Kier molecular flexibility index (Phi) is 5.32. The van der Waals surface area contributed by atoms with Crippen LogP contribution in [0, 0.1) is 5.92 Å². The van der Waals surface area contributed by atoms with Crippen molar-refractivity contribution in [3.63, 3.8) is 0 Å². The molecule has 0 aromatic rings. The fraction of sp³-hybridized carbons (Fsp3) is 0.625. The van der Waals surface area contributed by atoms with Crippen LogP contribution in [0.3, 0.4) is 0 Å². The highest BCUT2D eigenvalue weighted by Crippen LogP contribution is 1.99. The average Bonchev–Trinajstić information content (AvgIpc) is 2.00. The van der Waals surface area contributed by atoms with E-state index in [2.05, 4.69) is 5.32 Å². The lowest BCUT2D eigenvalue weighted by Crippen LogP contribution is -2.49. The Bertz CT molecular complexity index is 265. The molecule has 4 amide bonds. The van der Waals surface area contributed by atoms with E-state index >= 15 is 0 Å². The zero-order valence-corrected chi connectivity index (χ0v) is 8.74. The highest BCUT2D eigenvalue weighted by atomic mass is 16.2. The van der Waals surface area contributed by atoms with E-state index in [1.54, 1.807) is 13.8 Å². The van der Waals surface area contributed by atoms with Crippen LogP contribution in [0.2, 0.25) is 0 Å². The minimum absolute atomic E-state index is 0.0381.